The lowest BCUT2D eigenvalue weighted by Crippen LogP contribution is -2.29. The Kier molecular flexibility index (Phi) is 5.47. The quantitative estimate of drug-likeness (QED) is 0.597. The third-order valence-corrected chi connectivity index (χ3v) is 5.33. The number of nitrogens with one attached hydrogen (secondary N) is 2. The van der Waals surface area contributed by atoms with E-state index in [9.17, 15) is 12.8 Å². The molecule has 0 aliphatic rings. The minimum atomic E-state index is -3.72. The van der Waals surface area contributed by atoms with Gasteiger partial charge in [-0.3, -0.25) is 0 Å². The van der Waals surface area contributed by atoms with Gasteiger partial charge in [-0.05, 0) is 43.7 Å². The first-order chi connectivity index (χ1) is 12.8. The van der Waals surface area contributed by atoms with Crippen molar-refractivity contribution in [2.75, 3.05) is 18.4 Å². The van der Waals surface area contributed by atoms with Crippen LogP contribution in [0.25, 0.3) is 5.82 Å². The second kappa shape index (κ2) is 7.80. The Morgan fingerprint density at radius 3 is 2.67 bits per heavy atom. The number of benzene rings is 1. The summed E-state index contributed by atoms with van der Waals surface area (Å²) in [5.74, 6) is 1.26. The van der Waals surface area contributed by atoms with E-state index in [1.807, 2.05) is 0 Å². The van der Waals surface area contributed by atoms with E-state index in [1.165, 1.54) is 12.1 Å². The maximum Gasteiger partial charge on any atom is 0.240 e. The van der Waals surface area contributed by atoms with E-state index in [2.05, 4.69) is 25.1 Å². The van der Waals surface area contributed by atoms with Gasteiger partial charge in [-0.15, -0.1) is 0 Å². The summed E-state index contributed by atoms with van der Waals surface area (Å²) in [6.07, 6.45) is 3.42. The van der Waals surface area contributed by atoms with Crippen LogP contribution in [0.4, 0.5) is 10.2 Å². The molecule has 2 N–H and O–H groups in total. The van der Waals surface area contributed by atoms with Gasteiger partial charge in [0.1, 0.15) is 17.5 Å². The molecule has 0 bridgehead atoms. The molecule has 0 fully saturated rings. The molecule has 2 aromatic heterocycles. The Labute approximate surface area is 156 Å². The molecular weight excluding hydrogens is 371 g/mol. The van der Waals surface area contributed by atoms with Crippen molar-refractivity contribution in [2.45, 2.75) is 18.7 Å². The molecule has 2 heterocycles. The predicted molar refractivity (Wildman–Crippen MR) is 98.7 cm³/mol. The number of sulfonamides is 1. The molecule has 0 saturated carbocycles. The van der Waals surface area contributed by atoms with Crippen LogP contribution >= 0.6 is 0 Å². The first kappa shape index (κ1) is 18.9. The molecule has 0 amide bonds. The number of aromatic nitrogens is 4. The summed E-state index contributed by atoms with van der Waals surface area (Å²) in [5, 5.41) is 7.18. The lowest BCUT2D eigenvalue weighted by Gasteiger charge is -2.11. The van der Waals surface area contributed by atoms with Crippen molar-refractivity contribution in [3.63, 3.8) is 0 Å². The van der Waals surface area contributed by atoms with Gasteiger partial charge in [0.2, 0.25) is 10.0 Å². The smallest absolute Gasteiger partial charge is 0.240 e. The molecule has 142 valence electrons. The Morgan fingerprint density at radius 1 is 1.15 bits per heavy atom. The number of hydrogen-bond acceptors (Lipinski definition) is 6. The highest BCUT2D eigenvalue weighted by molar-refractivity contribution is 7.89. The molecule has 0 spiro atoms. The lowest BCUT2D eigenvalue weighted by atomic mass is 10.2. The van der Waals surface area contributed by atoms with Gasteiger partial charge in [0, 0.05) is 31.5 Å². The molecule has 0 atom stereocenters. The summed E-state index contributed by atoms with van der Waals surface area (Å²) >= 11 is 0. The van der Waals surface area contributed by atoms with Crippen molar-refractivity contribution in [3.8, 4) is 5.82 Å². The van der Waals surface area contributed by atoms with Crippen LogP contribution in [0.15, 0.2) is 47.6 Å². The zero-order chi connectivity index (χ0) is 19.4. The number of halogens is 1. The number of rotatable bonds is 7. The fraction of sp³-hybridized carbons (Fsp3) is 0.235. The van der Waals surface area contributed by atoms with Crippen LogP contribution in [-0.4, -0.2) is 41.3 Å². The number of aryl methyl sites for hydroxylation is 2. The van der Waals surface area contributed by atoms with Crippen molar-refractivity contribution in [3.05, 3.63) is 59.9 Å². The van der Waals surface area contributed by atoms with Crippen molar-refractivity contribution in [2.24, 2.45) is 0 Å². The van der Waals surface area contributed by atoms with E-state index in [1.54, 1.807) is 43.1 Å². The molecular formula is C17H19FN6O2S. The van der Waals surface area contributed by atoms with Crippen LogP contribution in [0.5, 0.6) is 0 Å². The van der Waals surface area contributed by atoms with Gasteiger partial charge in [0.15, 0.2) is 5.82 Å². The Morgan fingerprint density at radius 2 is 1.96 bits per heavy atom. The fourth-order valence-electron chi connectivity index (χ4n) is 2.53. The second-order valence-corrected chi connectivity index (χ2v) is 7.58. The normalized spacial score (nSPS) is 11.5. The summed E-state index contributed by atoms with van der Waals surface area (Å²) in [6.45, 7) is 3.77. The molecule has 1 aromatic carbocycles. The Balaban J connectivity index is 1.62. The van der Waals surface area contributed by atoms with Crippen molar-refractivity contribution >= 4 is 15.8 Å². The third-order valence-electron chi connectivity index (χ3n) is 3.71. The zero-order valence-electron chi connectivity index (χ0n) is 14.8. The second-order valence-electron chi connectivity index (χ2n) is 5.84. The fourth-order valence-corrected chi connectivity index (χ4v) is 3.79. The first-order valence-electron chi connectivity index (χ1n) is 8.20. The first-order valence-corrected chi connectivity index (χ1v) is 9.69. The molecule has 0 unspecified atom stereocenters. The van der Waals surface area contributed by atoms with E-state index >= 15 is 0 Å². The number of anilines is 1. The van der Waals surface area contributed by atoms with Gasteiger partial charge in [-0.2, -0.15) is 5.10 Å². The summed E-state index contributed by atoms with van der Waals surface area (Å²) < 4.78 is 41.9. The SMILES string of the molecule is Cc1nc(NCCNS(=O)(=O)c2ccc(F)cc2C)cc(-n2cccn2)n1. The topological polar surface area (TPSA) is 102 Å². The minimum absolute atomic E-state index is 0.0581. The molecule has 3 rings (SSSR count). The van der Waals surface area contributed by atoms with Gasteiger partial charge in [0.25, 0.3) is 0 Å². The van der Waals surface area contributed by atoms with Gasteiger partial charge >= 0.3 is 0 Å². The third kappa shape index (κ3) is 4.66. The van der Waals surface area contributed by atoms with Crippen LogP contribution in [-0.2, 0) is 10.0 Å². The van der Waals surface area contributed by atoms with Gasteiger partial charge in [-0.25, -0.2) is 32.2 Å². The van der Waals surface area contributed by atoms with Crippen molar-refractivity contribution in [1.29, 1.82) is 0 Å². The van der Waals surface area contributed by atoms with E-state index in [-0.39, 0.29) is 11.4 Å². The summed E-state index contributed by atoms with van der Waals surface area (Å²) in [4.78, 5) is 8.64. The van der Waals surface area contributed by atoms with E-state index in [0.717, 1.165) is 6.07 Å². The highest BCUT2D eigenvalue weighted by Crippen LogP contribution is 2.15. The molecule has 27 heavy (non-hydrogen) atoms. The molecule has 0 saturated heterocycles. The Bertz CT molecular complexity index is 1040. The molecule has 3 aromatic rings. The van der Waals surface area contributed by atoms with E-state index in [0.29, 0.717) is 29.6 Å². The average molecular weight is 390 g/mol. The van der Waals surface area contributed by atoms with Crippen LogP contribution in [0.3, 0.4) is 0 Å². The van der Waals surface area contributed by atoms with Crippen LogP contribution in [0.1, 0.15) is 11.4 Å². The highest BCUT2D eigenvalue weighted by atomic mass is 32.2. The van der Waals surface area contributed by atoms with Crippen molar-refractivity contribution in [1.82, 2.24) is 24.5 Å². The highest BCUT2D eigenvalue weighted by Gasteiger charge is 2.16. The molecule has 0 aliphatic carbocycles. The maximum atomic E-state index is 13.2. The average Bonchev–Trinajstić information content (AvgIpc) is 3.12. The lowest BCUT2D eigenvalue weighted by molar-refractivity contribution is 0.581. The largest absolute Gasteiger partial charge is 0.369 e. The molecule has 0 aliphatic heterocycles. The van der Waals surface area contributed by atoms with Gasteiger partial charge in [-0.1, -0.05) is 0 Å². The monoisotopic (exact) mass is 390 g/mol. The van der Waals surface area contributed by atoms with Gasteiger partial charge in [0.05, 0.1) is 4.90 Å². The van der Waals surface area contributed by atoms with Crippen LogP contribution < -0.4 is 10.0 Å². The predicted octanol–water partition coefficient (Wildman–Crippen LogP) is 1.81. The summed E-state index contributed by atoms with van der Waals surface area (Å²) in [7, 11) is -3.72. The van der Waals surface area contributed by atoms with Crippen LogP contribution in [0.2, 0.25) is 0 Å². The zero-order valence-corrected chi connectivity index (χ0v) is 15.7. The molecule has 0 radical (unpaired) electrons. The molecule has 8 nitrogen and oxygen atoms in total. The standard InChI is InChI=1S/C17H19FN6O2S/c1-12-10-14(18)4-5-15(12)27(25,26)21-8-7-19-16-11-17(23-13(2)22-16)24-9-3-6-20-24/h3-6,9-11,21H,7-8H2,1-2H3,(H,19,22,23). The minimum Gasteiger partial charge on any atom is -0.369 e. The van der Waals surface area contributed by atoms with Crippen molar-refractivity contribution < 1.29 is 12.8 Å². The van der Waals surface area contributed by atoms with E-state index in [4.69, 9.17) is 0 Å². The summed E-state index contributed by atoms with van der Waals surface area (Å²) in [6, 6.07) is 7.08. The van der Waals surface area contributed by atoms with Crippen LogP contribution in [0, 0.1) is 19.7 Å². The maximum absolute atomic E-state index is 13.2. The Hall–Kier alpha value is -2.85. The van der Waals surface area contributed by atoms with Gasteiger partial charge < -0.3 is 5.32 Å². The molecule has 10 heteroatoms. The number of hydrogen-bond donors (Lipinski definition) is 2. The number of nitrogens with zero attached hydrogens (tertiary/aromatic N) is 4. The van der Waals surface area contributed by atoms with E-state index < -0.39 is 15.8 Å². The summed E-state index contributed by atoms with van der Waals surface area (Å²) in [5.41, 5.74) is 0.353.